The predicted octanol–water partition coefficient (Wildman–Crippen LogP) is 4.12. The highest BCUT2D eigenvalue weighted by Crippen LogP contribution is 2.25. The molecule has 0 saturated heterocycles. The van der Waals surface area contributed by atoms with Gasteiger partial charge in [-0.3, -0.25) is 0 Å². The summed E-state index contributed by atoms with van der Waals surface area (Å²) in [7, 11) is 0. The van der Waals surface area contributed by atoms with Crippen LogP contribution in [0.1, 0.15) is 21.5 Å². The highest BCUT2D eigenvalue weighted by Gasteiger charge is 2.09. The first-order valence-electron chi connectivity index (χ1n) is 6.02. The number of hydrogen-bond acceptors (Lipinski definition) is 4. The molecule has 20 heavy (non-hydrogen) atoms. The van der Waals surface area contributed by atoms with Gasteiger partial charge in [0.15, 0.2) is 0 Å². The lowest BCUT2D eigenvalue weighted by molar-refractivity contribution is 0.0694. The Morgan fingerprint density at radius 3 is 2.15 bits per heavy atom. The fraction of sp³-hybridized carbons (Fsp3) is 0.133. The normalized spacial score (nSPS) is 10.9. The second kappa shape index (κ2) is 5.52. The zero-order valence-corrected chi connectivity index (χ0v) is 11.2. The molecule has 0 bridgehead atoms. The van der Waals surface area contributed by atoms with Crippen molar-refractivity contribution in [1.82, 2.24) is 0 Å². The van der Waals surface area contributed by atoms with Crippen molar-refractivity contribution in [3.8, 4) is 5.75 Å². The van der Waals surface area contributed by atoms with E-state index in [4.69, 9.17) is 5.11 Å². The fourth-order valence-electron chi connectivity index (χ4n) is 1.66. The topological polar surface area (TPSA) is 82.2 Å². The van der Waals surface area contributed by atoms with E-state index in [-0.39, 0.29) is 11.3 Å². The van der Waals surface area contributed by atoms with E-state index < -0.39 is 5.97 Å². The van der Waals surface area contributed by atoms with Crippen molar-refractivity contribution in [2.24, 2.45) is 10.2 Å². The minimum Gasteiger partial charge on any atom is -0.507 e. The van der Waals surface area contributed by atoms with Gasteiger partial charge in [-0.2, -0.15) is 10.2 Å². The maximum absolute atomic E-state index is 10.9. The molecule has 0 spiro atoms. The summed E-state index contributed by atoms with van der Waals surface area (Å²) in [5.41, 5.74) is 3.15. The standard InChI is InChI=1S/C15H14N2O3/c1-9-3-4-11(7-10(9)2)16-17-12-5-6-14(18)13(8-12)15(19)20/h3-8,18H,1-2H3,(H,19,20). The maximum atomic E-state index is 10.9. The average molecular weight is 270 g/mol. The number of aromatic carboxylic acids is 1. The number of carbonyl (C=O) groups is 1. The first-order chi connectivity index (χ1) is 9.47. The van der Waals surface area contributed by atoms with Crippen LogP contribution >= 0.6 is 0 Å². The van der Waals surface area contributed by atoms with Gasteiger partial charge in [0.05, 0.1) is 11.4 Å². The van der Waals surface area contributed by atoms with Gasteiger partial charge in [-0.05, 0) is 55.3 Å². The van der Waals surface area contributed by atoms with E-state index in [9.17, 15) is 9.90 Å². The number of aromatic hydroxyl groups is 1. The van der Waals surface area contributed by atoms with Crippen LogP contribution in [0.3, 0.4) is 0 Å². The summed E-state index contributed by atoms with van der Waals surface area (Å²) in [6.07, 6.45) is 0. The monoisotopic (exact) mass is 270 g/mol. The Morgan fingerprint density at radius 2 is 1.55 bits per heavy atom. The van der Waals surface area contributed by atoms with Crippen LogP contribution < -0.4 is 0 Å². The van der Waals surface area contributed by atoms with Crippen LogP contribution in [0.5, 0.6) is 5.75 Å². The first kappa shape index (κ1) is 13.7. The molecular weight excluding hydrogens is 256 g/mol. The van der Waals surface area contributed by atoms with E-state index in [0.717, 1.165) is 5.56 Å². The quantitative estimate of drug-likeness (QED) is 0.823. The van der Waals surface area contributed by atoms with Gasteiger partial charge in [0.25, 0.3) is 0 Å². The van der Waals surface area contributed by atoms with Gasteiger partial charge in [0, 0.05) is 0 Å². The third-order valence-corrected chi connectivity index (χ3v) is 2.98. The minimum absolute atomic E-state index is 0.193. The molecule has 0 aliphatic carbocycles. The molecule has 2 aromatic rings. The SMILES string of the molecule is Cc1ccc(N=Nc2ccc(O)c(C(=O)O)c2)cc1C. The Balaban J connectivity index is 2.29. The summed E-state index contributed by atoms with van der Waals surface area (Å²) in [5.74, 6) is -1.49. The predicted molar refractivity (Wildman–Crippen MR) is 75.2 cm³/mol. The van der Waals surface area contributed by atoms with Gasteiger partial charge in [-0.15, -0.1) is 0 Å². The molecule has 0 aromatic heterocycles. The van der Waals surface area contributed by atoms with E-state index in [1.54, 1.807) is 0 Å². The highest BCUT2D eigenvalue weighted by atomic mass is 16.4. The van der Waals surface area contributed by atoms with Crippen LogP contribution in [0.2, 0.25) is 0 Å². The number of benzene rings is 2. The Hall–Kier alpha value is -2.69. The summed E-state index contributed by atoms with van der Waals surface area (Å²) in [4.78, 5) is 10.9. The van der Waals surface area contributed by atoms with E-state index in [1.165, 1.54) is 23.8 Å². The van der Waals surface area contributed by atoms with Crippen molar-refractivity contribution >= 4 is 17.3 Å². The molecule has 0 aliphatic rings. The Kier molecular flexibility index (Phi) is 3.79. The summed E-state index contributed by atoms with van der Waals surface area (Å²) in [6.45, 7) is 3.99. The largest absolute Gasteiger partial charge is 0.507 e. The molecule has 0 aliphatic heterocycles. The van der Waals surface area contributed by atoms with E-state index >= 15 is 0 Å². The maximum Gasteiger partial charge on any atom is 0.339 e. The molecule has 0 radical (unpaired) electrons. The third kappa shape index (κ3) is 3.00. The number of carboxylic acid groups (broad SMARTS) is 1. The second-order valence-electron chi connectivity index (χ2n) is 4.48. The van der Waals surface area contributed by atoms with Crippen molar-refractivity contribution in [2.75, 3.05) is 0 Å². The van der Waals surface area contributed by atoms with Crippen molar-refractivity contribution in [2.45, 2.75) is 13.8 Å². The Bertz CT molecular complexity index is 694. The van der Waals surface area contributed by atoms with Crippen LogP contribution in [0.4, 0.5) is 11.4 Å². The lowest BCUT2D eigenvalue weighted by Gasteiger charge is -2.01. The smallest absolute Gasteiger partial charge is 0.339 e. The average Bonchev–Trinajstić information content (AvgIpc) is 2.41. The number of azo groups is 1. The number of nitrogens with zero attached hydrogens (tertiary/aromatic N) is 2. The first-order valence-corrected chi connectivity index (χ1v) is 6.02. The number of rotatable bonds is 3. The summed E-state index contributed by atoms with van der Waals surface area (Å²) >= 11 is 0. The molecule has 0 atom stereocenters. The van der Waals surface area contributed by atoms with E-state index in [1.807, 2.05) is 32.0 Å². The molecule has 2 aromatic carbocycles. The summed E-state index contributed by atoms with van der Waals surface area (Å²) in [5, 5.41) is 26.4. The summed E-state index contributed by atoms with van der Waals surface area (Å²) < 4.78 is 0. The van der Waals surface area contributed by atoms with Gasteiger partial charge in [0.2, 0.25) is 0 Å². The fourth-order valence-corrected chi connectivity index (χ4v) is 1.66. The molecule has 2 rings (SSSR count). The molecule has 5 nitrogen and oxygen atoms in total. The number of phenols is 1. The Labute approximate surface area is 116 Å². The van der Waals surface area contributed by atoms with Gasteiger partial charge in [-0.1, -0.05) is 6.07 Å². The van der Waals surface area contributed by atoms with Crippen LogP contribution in [-0.4, -0.2) is 16.2 Å². The van der Waals surface area contributed by atoms with Crippen LogP contribution in [-0.2, 0) is 0 Å². The number of carboxylic acids is 1. The van der Waals surface area contributed by atoms with Crippen molar-refractivity contribution in [1.29, 1.82) is 0 Å². The summed E-state index contributed by atoms with van der Waals surface area (Å²) in [6, 6.07) is 9.76. The van der Waals surface area contributed by atoms with Crippen molar-refractivity contribution in [3.05, 3.63) is 53.1 Å². The lowest BCUT2D eigenvalue weighted by atomic mass is 10.1. The van der Waals surface area contributed by atoms with Crippen LogP contribution in [0.15, 0.2) is 46.6 Å². The van der Waals surface area contributed by atoms with E-state index in [0.29, 0.717) is 11.4 Å². The molecule has 2 N–H and O–H groups in total. The molecule has 0 saturated carbocycles. The molecular formula is C15H14N2O3. The van der Waals surface area contributed by atoms with Gasteiger partial charge in [0.1, 0.15) is 11.3 Å². The lowest BCUT2D eigenvalue weighted by Crippen LogP contribution is -1.95. The second-order valence-corrected chi connectivity index (χ2v) is 4.48. The number of aryl methyl sites for hydroxylation is 2. The molecule has 0 fully saturated rings. The number of hydrogen-bond donors (Lipinski definition) is 2. The molecule has 102 valence electrons. The van der Waals surface area contributed by atoms with Crippen molar-refractivity contribution in [3.63, 3.8) is 0 Å². The Morgan fingerprint density at radius 1 is 0.950 bits per heavy atom. The van der Waals surface area contributed by atoms with Crippen LogP contribution in [0, 0.1) is 13.8 Å². The molecule has 5 heteroatoms. The third-order valence-electron chi connectivity index (χ3n) is 2.98. The zero-order valence-electron chi connectivity index (χ0n) is 11.2. The zero-order chi connectivity index (χ0) is 14.7. The minimum atomic E-state index is -1.20. The molecule has 0 heterocycles. The van der Waals surface area contributed by atoms with Crippen LogP contribution in [0.25, 0.3) is 0 Å². The molecule has 0 unspecified atom stereocenters. The molecule has 0 amide bonds. The van der Waals surface area contributed by atoms with E-state index in [2.05, 4.69) is 10.2 Å². The highest BCUT2D eigenvalue weighted by molar-refractivity contribution is 5.91. The van der Waals surface area contributed by atoms with Crippen molar-refractivity contribution < 1.29 is 15.0 Å². The van der Waals surface area contributed by atoms with Gasteiger partial charge < -0.3 is 10.2 Å². The van der Waals surface area contributed by atoms with Gasteiger partial charge in [-0.25, -0.2) is 4.79 Å². The van der Waals surface area contributed by atoms with Gasteiger partial charge >= 0.3 is 5.97 Å².